The molecule has 26 heavy (non-hydrogen) atoms. The Morgan fingerprint density at radius 1 is 1.31 bits per heavy atom. The van der Waals surface area contributed by atoms with Crippen molar-refractivity contribution in [1.29, 1.82) is 0 Å². The molecule has 1 aliphatic heterocycles. The Morgan fingerprint density at radius 2 is 2.04 bits per heavy atom. The maximum absolute atomic E-state index is 12.7. The lowest BCUT2D eigenvalue weighted by atomic mass is 9.80. The number of hydrogen-bond acceptors (Lipinski definition) is 7. The maximum Gasteiger partial charge on any atom is 0.234 e. The van der Waals surface area contributed by atoms with Gasteiger partial charge in [0.2, 0.25) is 25.9 Å². The monoisotopic (exact) mass is 404 g/mol. The molecule has 3 fully saturated rings. The zero-order valence-corrected chi connectivity index (χ0v) is 16.5. The number of rotatable bonds is 6. The highest BCUT2D eigenvalue weighted by Crippen LogP contribution is 2.51. The Bertz CT molecular complexity index is 908. The fraction of sp³-hybridized carbons (Fsp3) is 0.867. The third-order valence-electron chi connectivity index (χ3n) is 5.83. The Labute approximate surface area is 153 Å². The second-order valence-corrected chi connectivity index (χ2v) is 12.0. The van der Waals surface area contributed by atoms with Crippen LogP contribution < -0.4 is 4.72 Å². The first-order valence-corrected chi connectivity index (χ1v) is 12.1. The molecule has 1 N–H and O–H groups in total. The van der Waals surface area contributed by atoms with Gasteiger partial charge in [0.15, 0.2) is 5.82 Å². The summed E-state index contributed by atoms with van der Waals surface area (Å²) in [6.45, 7) is 3.98. The van der Waals surface area contributed by atoms with Crippen molar-refractivity contribution in [2.45, 2.75) is 56.2 Å². The van der Waals surface area contributed by atoms with Crippen LogP contribution in [0.3, 0.4) is 0 Å². The summed E-state index contributed by atoms with van der Waals surface area (Å²) >= 11 is 0. The average molecular weight is 405 g/mol. The van der Waals surface area contributed by atoms with Crippen molar-refractivity contribution in [1.82, 2.24) is 19.2 Å². The number of aryl methyl sites for hydroxylation is 1. The minimum Gasteiger partial charge on any atom is -0.339 e. The number of fused-ring (bicyclic) bond motifs is 1. The fourth-order valence-electron chi connectivity index (χ4n) is 4.35. The lowest BCUT2D eigenvalue weighted by Gasteiger charge is -2.25. The van der Waals surface area contributed by atoms with E-state index in [1.807, 2.05) is 0 Å². The van der Waals surface area contributed by atoms with Crippen LogP contribution in [-0.4, -0.2) is 61.4 Å². The second kappa shape index (κ2) is 5.98. The van der Waals surface area contributed by atoms with Crippen LogP contribution in [0.25, 0.3) is 0 Å². The normalized spacial score (nSPS) is 32.8. The van der Waals surface area contributed by atoms with Crippen molar-refractivity contribution < 1.29 is 21.4 Å². The third-order valence-corrected chi connectivity index (χ3v) is 9.59. The van der Waals surface area contributed by atoms with Gasteiger partial charge in [-0.15, -0.1) is 0 Å². The van der Waals surface area contributed by atoms with E-state index in [1.165, 1.54) is 0 Å². The summed E-state index contributed by atoms with van der Waals surface area (Å²) in [6, 6.07) is -0.247. The standard InChI is InChI=1S/C15H24N4O5S2/c1-3-25(20,21)18-12-6-11-8-19(26(22,23)13-4-5-13)9-15(11,7-12)14-16-10(2)17-24-14/h11-13,18H,3-9H2,1-2H3. The van der Waals surface area contributed by atoms with E-state index in [4.69, 9.17) is 4.52 Å². The molecule has 0 radical (unpaired) electrons. The molecule has 0 aromatic carbocycles. The Balaban J connectivity index is 1.64. The zero-order valence-electron chi connectivity index (χ0n) is 14.9. The molecule has 2 aliphatic carbocycles. The summed E-state index contributed by atoms with van der Waals surface area (Å²) in [6.07, 6.45) is 2.47. The van der Waals surface area contributed by atoms with Crippen molar-refractivity contribution in [2.24, 2.45) is 5.92 Å². The predicted octanol–water partition coefficient (Wildman–Crippen LogP) is 0.142. The summed E-state index contributed by atoms with van der Waals surface area (Å²) in [5.41, 5.74) is -0.621. The molecule has 9 nitrogen and oxygen atoms in total. The van der Waals surface area contributed by atoms with Gasteiger partial charge in [-0.1, -0.05) is 5.16 Å². The van der Waals surface area contributed by atoms with Gasteiger partial charge in [0.25, 0.3) is 0 Å². The minimum absolute atomic E-state index is 0.0169. The molecule has 0 spiro atoms. The topological polar surface area (TPSA) is 122 Å². The van der Waals surface area contributed by atoms with Crippen molar-refractivity contribution in [3.05, 3.63) is 11.7 Å². The first-order chi connectivity index (χ1) is 12.2. The Kier molecular flexibility index (Phi) is 4.22. The lowest BCUT2D eigenvalue weighted by Crippen LogP contribution is -2.40. The second-order valence-electron chi connectivity index (χ2n) is 7.69. The highest BCUT2D eigenvalue weighted by molar-refractivity contribution is 7.90. The van der Waals surface area contributed by atoms with Crippen molar-refractivity contribution >= 4 is 20.0 Å². The van der Waals surface area contributed by atoms with Crippen molar-refractivity contribution in [2.75, 3.05) is 18.8 Å². The predicted molar refractivity (Wildman–Crippen MR) is 93.3 cm³/mol. The van der Waals surface area contributed by atoms with Gasteiger partial charge in [-0.05, 0) is 45.4 Å². The summed E-state index contributed by atoms with van der Waals surface area (Å²) in [4.78, 5) is 4.38. The molecule has 11 heteroatoms. The van der Waals surface area contributed by atoms with E-state index in [2.05, 4.69) is 14.9 Å². The van der Waals surface area contributed by atoms with E-state index in [0.29, 0.717) is 31.1 Å². The van der Waals surface area contributed by atoms with Gasteiger partial charge in [0.1, 0.15) is 0 Å². The molecule has 0 amide bonds. The number of sulfonamides is 2. The number of nitrogens with one attached hydrogen (secondary N) is 1. The Morgan fingerprint density at radius 3 is 2.62 bits per heavy atom. The molecule has 4 rings (SSSR count). The van der Waals surface area contributed by atoms with Crippen molar-refractivity contribution in [3.8, 4) is 0 Å². The summed E-state index contributed by atoms with van der Waals surface area (Å²) in [7, 11) is -6.63. The molecule has 2 saturated carbocycles. The van der Waals surface area contributed by atoms with E-state index in [-0.39, 0.29) is 29.5 Å². The van der Waals surface area contributed by atoms with Gasteiger partial charge in [-0.25, -0.2) is 25.9 Å². The van der Waals surface area contributed by atoms with E-state index >= 15 is 0 Å². The average Bonchev–Trinajstić information content (AvgIpc) is 3.12. The van der Waals surface area contributed by atoms with Crippen LogP contribution in [0.1, 0.15) is 44.3 Å². The van der Waals surface area contributed by atoms with Crippen LogP contribution in [0.4, 0.5) is 0 Å². The molecule has 2 heterocycles. The molecule has 1 aromatic heterocycles. The number of aromatic nitrogens is 2. The van der Waals surface area contributed by atoms with Crippen LogP contribution in [0.5, 0.6) is 0 Å². The van der Waals surface area contributed by atoms with Crippen LogP contribution >= 0.6 is 0 Å². The maximum atomic E-state index is 12.7. The van der Waals surface area contributed by atoms with Gasteiger partial charge in [-0.2, -0.15) is 4.98 Å². The molecule has 146 valence electrons. The molecule has 3 atom stereocenters. The molecule has 3 aliphatic rings. The molecule has 3 unspecified atom stereocenters. The van der Waals surface area contributed by atoms with Crippen LogP contribution in [0.2, 0.25) is 0 Å². The fourth-order valence-corrected chi connectivity index (χ4v) is 7.16. The van der Waals surface area contributed by atoms with Gasteiger partial charge in [0.05, 0.1) is 16.4 Å². The lowest BCUT2D eigenvalue weighted by molar-refractivity contribution is 0.259. The SMILES string of the molecule is CCS(=O)(=O)NC1CC2CN(S(=O)(=O)C3CC3)CC2(c2nc(C)no2)C1. The molecule has 1 aromatic rings. The van der Waals surface area contributed by atoms with E-state index < -0.39 is 25.5 Å². The van der Waals surface area contributed by atoms with Gasteiger partial charge >= 0.3 is 0 Å². The summed E-state index contributed by atoms with van der Waals surface area (Å²) < 4.78 is 59.1. The summed E-state index contributed by atoms with van der Waals surface area (Å²) in [5, 5.41) is 3.61. The minimum atomic E-state index is -3.33. The zero-order chi connectivity index (χ0) is 18.7. The molecule has 0 bridgehead atoms. The van der Waals surface area contributed by atoms with E-state index in [9.17, 15) is 16.8 Å². The molecular formula is C15H24N4O5S2. The first kappa shape index (κ1) is 18.3. The Hall–Kier alpha value is -1.04. The smallest absolute Gasteiger partial charge is 0.234 e. The number of nitrogens with zero attached hydrogens (tertiary/aromatic N) is 3. The van der Waals surface area contributed by atoms with Crippen LogP contribution in [0.15, 0.2) is 4.52 Å². The van der Waals surface area contributed by atoms with Gasteiger partial charge < -0.3 is 4.52 Å². The van der Waals surface area contributed by atoms with E-state index in [0.717, 1.165) is 12.8 Å². The number of hydrogen-bond donors (Lipinski definition) is 1. The summed E-state index contributed by atoms with van der Waals surface area (Å²) in [5.74, 6) is 0.893. The highest BCUT2D eigenvalue weighted by atomic mass is 32.2. The van der Waals surface area contributed by atoms with Crippen LogP contribution in [-0.2, 0) is 25.5 Å². The molecule has 1 saturated heterocycles. The van der Waals surface area contributed by atoms with Crippen LogP contribution in [0, 0.1) is 12.8 Å². The highest BCUT2D eigenvalue weighted by Gasteiger charge is 2.60. The first-order valence-electron chi connectivity index (χ1n) is 8.96. The van der Waals surface area contributed by atoms with E-state index in [1.54, 1.807) is 18.2 Å². The quantitative estimate of drug-likeness (QED) is 0.715. The largest absolute Gasteiger partial charge is 0.339 e. The van der Waals surface area contributed by atoms with Crippen molar-refractivity contribution in [3.63, 3.8) is 0 Å². The van der Waals surface area contributed by atoms with Gasteiger partial charge in [0, 0.05) is 19.1 Å². The third kappa shape index (κ3) is 2.98. The van der Waals surface area contributed by atoms with Gasteiger partial charge in [-0.3, -0.25) is 0 Å². The molecular weight excluding hydrogens is 380 g/mol.